The van der Waals surface area contributed by atoms with Gasteiger partial charge in [0.05, 0.1) is 24.8 Å². The molecule has 19 heavy (non-hydrogen) atoms. The molecule has 0 spiro atoms. The Balaban J connectivity index is 2.30. The SMILES string of the molecule is CCOC(=O)C(O)c1cc(Cl)c2c(c1)OCCCO2. The molecule has 104 valence electrons. The number of ether oxygens (including phenoxy) is 3. The minimum atomic E-state index is -1.38. The van der Waals surface area contributed by atoms with Crippen molar-refractivity contribution in [1.29, 1.82) is 0 Å². The topological polar surface area (TPSA) is 65.0 Å². The van der Waals surface area contributed by atoms with Gasteiger partial charge in [0.25, 0.3) is 0 Å². The Kier molecular flexibility index (Phi) is 4.50. The van der Waals surface area contributed by atoms with Gasteiger partial charge < -0.3 is 19.3 Å². The van der Waals surface area contributed by atoms with Crippen LogP contribution in [0.5, 0.6) is 11.5 Å². The van der Waals surface area contributed by atoms with E-state index < -0.39 is 12.1 Å². The maximum absolute atomic E-state index is 11.5. The molecule has 5 nitrogen and oxygen atoms in total. The fourth-order valence-corrected chi connectivity index (χ4v) is 2.04. The van der Waals surface area contributed by atoms with E-state index in [1.807, 2.05) is 0 Å². The molecule has 1 N–H and O–H groups in total. The van der Waals surface area contributed by atoms with Crippen molar-refractivity contribution >= 4 is 17.6 Å². The molecule has 2 rings (SSSR count). The molecule has 0 saturated carbocycles. The third kappa shape index (κ3) is 3.11. The third-order valence-electron chi connectivity index (χ3n) is 2.65. The van der Waals surface area contributed by atoms with E-state index in [9.17, 15) is 9.90 Å². The number of carbonyl (C=O) groups excluding carboxylic acids is 1. The van der Waals surface area contributed by atoms with Crippen LogP contribution in [0.4, 0.5) is 0 Å². The van der Waals surface area contributed by atoms with Crippen LogP contribution in [0.3, 0.4) is 0 Å². The number of hydrogen-bond acceptors (Lipinski definition) is 5. The number of halogens is 1. The number of esters is 1. The van der Waals surface area contributed by atoms with E-state index in [-0.39, 0.29) is 6.61 Å². The van der Waals surface area contributed by atoms with Crippen LogP contribution in [-0.2, 0) is 9.53 Å². The number of aliphatic hydroxyl groups excluding tert-OH is 1. The van der Waals surface area contributed by atoms with Gasteiger partial charge in [-0.25, -0.2) is 4.79 Å². The van der Waals surface area contributed by atoms with Crippen molar-refractivity contribution < 1.29 is 24.1 Å². The predicted octanol–water partition coefficient (Wildman–Crippen LogP) is 2.10. The third-order valence-corrected chi connectivity index (χ3v) is 2.93. The van der Waals surface area contributed by atoms with Crippen LogP contribution in [0, 0.1) is 0 Å². The van der Waals surface area contributed by atoms with Crippen molar-refractivity contribution in [2.24, 2.45) is 0 Å². The molecule has 0 aliphatic carbocycles. The fourth-order valence-electron chi connectivity index (χ4n) is 1.77. The Hall–Kier alpha value is -1.46. The van der Waals surface area contributed by atoms with Crippen LogP contribution >= 0.6 is 11.6 Å². The lowest BCUT2D eigenvalue weighted by atomic mass is 10.1. The molecule has 0 aromatic heterocycles. The summed E-state index contributed by atoms with van der Waals surface area (Å²) in [5.74, 6) is 0.162. The molecule has 0 fully saturated rings. The lowest BCUT2D eigenvalue weighted by Crippen LogP contribution is -2.15. The summed E-state index contributed by atoms with van der Waals surface area (Å²) in [7, 11) is 0. The summed E-state index contributed by atoms with van der Waals surface area (Å²) in [5.41, 5.74) is 0.327. The van der Waals surface area contributed by atoms with Crippen molar-refractivity contribution in [2.75, 3.05) is 19.8 Å². The maximum atomic E-state index is 11.5. The van der Waals surface area contributed by atoms with Gasteiger partial charge in [-0.05, 0) is 24.6 Å². The number of carbonyl (C=O) groups is 1. The Morgan fingerprint density at radius 2 is 2.21 bits per heavy atom. The number of aliphatic hydroxyl groups is 1. The van der Waals surface area contributed by atoms with E-state index in [0.717, 1.165) is 6.42 Å². The van der Waals surface area contributed by atoms with Gasteiger partial charge in [-0.1, -0.05) is 11.6 Å². The summed E-state index contributed by atoms with van der Waals surface area (Å²) < 4.78 is 15.7. The van der Waals surface area contributed by atoms with Crippen LogP contribution in [0.15, 0.2) is 12.1 Å². The summed E-state index contributed by atoms with van der Waals surface area (Å²) in [6.07, 6.45) is -0.629. The molecule has 1 aromatic carbocycles. The molecule has 0 bridgehead atoms. The standard InChI is InChI=1S/C13H15ClO5/c1-2-17-13(16)11(15)8-6-9(14)12-10(7-8)18-4-3-5-19-12/h6-7,11,15H,2-5H2,1H3. The Morgan fingerprint density at radius 1 is 1.47 bits per heavy atom. The molecule has 1 aromatic rings. The number of hydrogen-bond donors (Lipinski definition) is 1. The van der Waals surface area contributed by atoms with Gasteiger partial charge in [-0.2, -0.15) is 0 Å². The van der Waals surface area contributed by atoms with Gasteiger partial charge in [-0.15, -0.1) is 0 Å². The summed E-state index contributed by atoms with van der Waals surface area (Å²) in [6.45, 7) is 2.90. The van der Waals surface area contributed by atoms with Crippen molar-refractivity contribution in [2.45, 2.75) is 19.4 Å². The molecule has 6 heteroatoms. The fraction of sp³-hybridized carbons (Fsp3) is 0.462. The Morgan fingerprint density at radius 3 is 2.95 bits per heavy atom. The Labute approximate surface area is 116 Å². The summed E-state index contributed by atoms with van der Waals surface area (Å²) in [6, 6.07) is 3.03. The zero-order chi connectivity index (χ0) is 13.8. The van der Waals surface area contributed by atoms with E-state index in [4.69, 9.17) is 25.8 Å². The van der Waals surface area contributed by atoms with Gasteiger partial charge >= 0.3 is 5.97 Å². The molecule has 1 aliphatic rings. The molecule has 0 saturated heterocycles. The second-order valence-electron chi connectivity index (χ2n) is 4.04. The van der Waals surface area contributed by atoms with E-state index in [2.05, 4.69) is 0 Å². The van der Waals surface area contributed by atoms with Gasteiger partial charge in [0.2, 0.25) is 0 Å². The van der Waals surface area contributed by atoms with E-state index in [1.54, 1.807) is 13.0 Å². The lowest BCUT2D eigenvalue weighted by Gasteiger charge is -2.14. The van der Waals surface area contributed by atoms with Crippen molar-refractivity contribution in [1.82, 2.24) is 0 Å². The zero-order valence-electron chi connectivity index (χ0n) is 10.5. The highest BCUT2D eigenvalue weighted by Gasteiger charge is 2.23. The first kappa shape index (κ1) is 14.0. The quantitative estimate of drug-likeness (QED) is 0.862. The van der Waals surface area contributed by atoms with E-state index in [0.29, 0.717) is 35.3 Å². The highest BCUT2D eigenvalue weighted by atomic mass is 35.5. The van der Waals surface area contributed by atoms with Gasteiger partial charge in [-0.3, -0.25) is 0 Å². The van der Waals surface area contributed by atoms with Crippen LogP contribution in [0.25, 0.3) is 0 Å². The maximum Gasteiger partial charge on any atom is 0.339 e. The number of benzene rings is 1. The molecular weight excluding hydrogens is 272 g/mol. The molecular formula is C13H15ClO5. The summed E-state index contributed by atoms with van der Waals surface area (Å²) in [4.78, 5) is 11.5. The minimum absolute atomic E-state index is 0.203. The van der Waals surface area contributed by atoms with E-state index in [1.165, 1.54) is 6.07 Å². The highest BCUT2D eigenvalue weighted by Crippen LogP contribution is 2.39. The van der Waals surface area contributed by atoms with E-state index >= 15 is 0 Å². The monoisotopic (exact) mass is 286 g/mol. The molecule has 0 amide bonds. The van der Waals surface area contributed by atoms with Gasteiger partial charge in [0.1, 0.15) is 0 Å². The first-order valence-corrected chi connectivity index (χ1v) is 6.45. The molecule has 1 aliphatic heterocycles. The predicted molar refractivity (Wildman–Crippen MR) is 68.7 cm³/mol. The number of rotatable bonds is 3. The van der Waals surface area contributed by atoms with Crippen molar-refractivity contribution in [3.05, 3.63) is 22.7 Å². The minimum Gasteiger partial charge on any atom is -0.489 e. The second kappa shape index (κ2) is 6.12. The average molecular weight is 287 g/mol. The van der Waals surface area contributed by atoms with Crippen LogP contribution in [0.1, 0.15) is 25.0 Å². The first-order valence-electron chi connectivity index (χ1n) is 6.07. The van der Waals surface area contributed by atoms with Crippen molar-refractivity contribution in [3.8, 4) is 11.5 Å². The first-order chi connectivity index (χ1) is 9.13. The number of fused-ring (bicyclic) bond motifs is 1. The average Bonchev–Trinajstić information content (AvgIpc) is 2.63. The zero-order valence-corrected chi connectivity index (χ0v) is 11.3. The molecule has 1 unspecified atom stereocenters. The van der Waals surface area contributed by atoms with Gasteiger partial charge in [0.15, 0.2) is 17.6 Å². The lowest BCUT2D eigenvalue weighted by molar-refractivity contribution is -0.153. The summed E-state index contributed by atoms with van der Waals surface area (Å²) >= 11 is 6.08. The van der Waals surface area contributed by atoms with Gasteiger partial charge in [0, 0.05) is 6.42 Å². The smallest absolute Gasteiger partial charge is 0.339 e. The van der Waals surface area contributed by atoms with Crippen LogP contribution in [0.2, 0.25) is 5.02 Å². The van der Waals surface area contributed by atoms with Crippen LogP contribution < -0.4 is 9.47 Å². The Bertz CT molecular complexity index is 474. The highest BCUT2D eigenvalue weighted by molar-refractivity contribution is 6.32. The largest absolute Gasteiger partial charge is 0.489 e. The summed E-state index contributed by atoms with van der Waals surface area (Å²) in [5, 5.41) is 10.2. The molecule has 1 heterocycles. The molecule has 1 atom stereocenters. The second-order valence-corrected chi connectivity index (χ2v) is 4.44. The normalized spacial score (nSPS) is 15.5. The molecule has 0 radical (unpaired) electrons. The van der Waals surface area contributed by atoms with Crippen LogP contribution in [-0.4, -0.2) is 30.9 Å². The van der Waals surface area contributed by atoms with Crippen molar-refractivity contribution in [3.63, 3.8) is 0 Å².